The molecule has 0 heterocycles. The van der Waals surface area contributed by atoms with Gasteiger partial charge in [-0.25, -0.2) is 4.79 Å². The number of hydrogen-bond acceptors (Lipinski definition) is 3. The summed E-state index contributed by atoms with van der Waals surface area (Å²) in [5.74, 6) is -2.17. The molecule has 0 unspecified atom stereocenters. The van der Waals surface area contributed by atoms with Crippen molar-refractivity contribution in [3.8, 4) is 0 Å². The van der Waals surface area contributed by atoms with Gasteiger partial charge in [0.2, 0.25) is 0 Å². The maximum absolute atomic E-state index is 12.1. The van der Waals surface area contributed by atoms with Gasteiger partial charge in [-0.2, -0.15) is 13.2 Å². The maximum atomic E-state index is 12.1. The molecule has 1 aromatic carbocycles. The summed E-state index contributed by atoms with van der Waals surface area (Å²) < 4.78 is 36.4. The topological polar surface area (TPSA) is 86.6 Å². The van der Waals surface area contributed by atoms with Crippen LogP contribution in [0.15, 0.2) is 30.3 Å². The minimum absolute atomic E-state index is 0.195. The van der Waals surface area contributed by atoms with Crippen molar-refractivity contribution in [1.82, 2.24) is 5.32 Å². The van der Waals surface area contributed by atoms with Crippen molar-refractivity contribution in [3.63, 3.8) is 0 Å². The molecule has 2 atom stereocenters. The number of aliphatic hydroxyl groups is 1. The molecule has 0 spiro atoms. The van der Waals surface area contributed by atoms with Crippen molar-refractivity contribution in [2.45, 2.75) is 31.2 Å². The number of rotatable bonds is 6. The third-order valence-electron chi connectivity index (χ3n) is 2.75. The van der Waals surface area contributed by atoms with Crippen LogP contribution in [0.5, 0.6) is 0 Å². The highest BCUT2D eigenvalue weighted by atomic mass is 19.4. The number of aliphatic hydroxyl groups excluding tert-OH is 1. The molecule has 116 valence electrons. The van der Waals surface area contributed by atoms with E-state index >= 15 is 0 Å². The van der Waals surface area contributed by atoms with Crippen LogP contribution in [0.2, 0.25) is 0 Å². The molecule has 0 bridgehead atoms. The zero-order valence-electron chi connectivity index (χ0n) is 10.8. The highest BCUT2D eigenvalue weighted by molar-refractivity contribution is 5.96. The molecular weight excluding hydrogens is 291 g/mol. The minimum Gasteiger partial charge on any atom is -0.480 e. The van der Waals surface area contributed by atoms with E-state index in [2.05, 4.69) is 5.32 Å². The molecule has 0 radical (unpaired) electrons. The fourth-order valence-electron chi connectivity index (χ4n) is 1.58. The average molecular weight is 305 g/mol. The monoisotopic (exact) mass is 305 g/mol. The number of amides is 1. The minimum atomic E-state index is -4.81. The molecule has 8 heteroatoms. The molecule has 1 rings (SSSR count). The molecule has 0 saturated heterocycles. The standard InChI is InChI=1S/C13H14F3NO4/c14-13(15,16)10(18)7-6-9(12(20)21)17-11(19)8-4-2-1-3-5-8/h1-5,9-10,18H,6-7H2,(H,17,19)(H,20,21)/t9-,10-/m1/s1. The Kier molecular flexibility index (Phi) is 5.71. The van der Waals surface area contributed by atoms with E-state index in [1.165, 1.54) is 12.1 Å². The lowest BCUT2D eigenvalue weighted by Gasteiger charge is -2.18. The van der Waals surface area contributed by atoms with E-state index in [1.54, 1.807) is 18.2 Å². The molecule has 5 nitrogen and oxygen atoms in total. The van der Waals surface area contributed by atoms with Gasteiger partial charge >= 0.3 is 12.1 Å². The second-order valence-corrected chi connectivity index (χ2v) is 4.37. The molecule has 0 aliphatic rings. The van der Waals surface area contributed by atoms with Gasteiger partial charge in [-0.15, -0.1) is 0 Å². The van der Waals surface area contributed by atoms with Crippen LogP contribution in [0.25, 0.3) is 0 Å². The first-order valence-electron chi connectivity index (χ1n) is 6.05. The van der Waals surface area contributed by atoms with Gasteiger partial charge in [0, 0.05) is 5.56 Å². The second-order valence-electron chi connectivity index (χ2n) is 4.37. The van der Waals surface area contributed by atoms with Crippen LogP contribution in [0.4, 0.5) is 13.2 Å². The molecule has 0 saturated carbocycles. The molecule has 0 fully saturated rings. The maximum Gasteiger partial charge on any atom is 0.414 e. The predicted octanol–water partition coefficient (Wildman–Crippen LogP) is 1.57. The molecular formula is C13H14F3NO4. The van der Waals surface area contributed by atoms with E-state index in [0.717, 1.165) is 0 Å². The fourth-order valence-corrected chi connectivity index (χ4v) is 1.58. The quantitative estimate of drug-likeness (QED) is 0.744. The number of alkyl halides is 3. The molecule has 0 aliphatic heterocycles. The Morgan fingerprint density at radius 3 is 2.19 bits per heavy atom. The molecule has 1 amide bonds. The zero-order chi connectivity index (χ0) is 16.0. The van der Waals surface area contributed by atoms with E-state index in [-0.39, 0.29) is 5.56 Å². The predicted molar refractivity (Wildman–Crippen MR) is 66.6 cm³/mol. The molecule has 0 aromatic heterocycles. The van der Waals surface area contributed by atoms with E-state index in [9.17, 15) is 22.8 Å². The van der Waals surface area contributed by atoms with Crippen molar-refractivity contribution in [2.75, 3.05) is 0 Å². The van der Waals surface area contributed by atoms with E-state index in [1.807, 2.05) is 0 Å². The summed E-state index contributed by atoms with van der Waals surface area (Å²) in [5, 5.41) is 19.9. The number of aliphatic carboxylic acids is 1. The van der Waals surface area contributed by atoms with Crippen LogP contribution in [-0.4, -0.2) is 40.4 Å². The van der Waals surface area contributed by atoms with E-state index in [4.69, 9.17) is 10.2 Å². The van der Waals surface area contributed by atoms with Gasteiger partial charge in [-0.05, 0) is 25.0 Å². The Hall–Kier alpha value is -2.09. The van der Waals surface area contributed by atoms with Crippen LogP contribution >= 0.6 is 0 Å². The largest absolute Gasteiger partial charge is 0.480 e. The number of carbonyl (C=O) groups excluding carboxylic acids is 1. The molecule has 0 aliphatic carbocycles. The molecule has 21 heavy (non-hydrogen) atoms. The number of hydrogen-bond donors (Lipinski definition) is 3. The van der Waals surface area contributed by atoms with Crippen LogP contribution in [-0.2, 0) is 4.79 Å². The van der Waals surface area contributed by atoms with Gasteiger partial charge in [0.25, 0.3) is 5.91 Å². The van der Waals surface area contributed by atoms with Gasteiger partial charge in [-0.1, -0.05) is 18.2 Å². The van der Waals surface area contributed by atoms with Crippen LogP contribution in [0, 0.1) is 0 Å². The van der Waals surface area contributed by atoms with Crippen molar-refractivity contribution in [2.24, 2.45) is 0 Å². The summed E-state index contributed by atoms with van der Waals surface area (Å²) in [7, 11) is 0. The highest BCUT2D eigenvalue weighted by Gasteiger charge is 2.38. The van der Waals surface area contributed by atoms with Gasteiger partial charge in [-0.3, -0.25) is 4.79 Å². The number of carboxylic acids is 1. The first-order valence-corrected chi connectivity index (χ1v) is 6.05. The van der Waals surface area contributed by atoms with Crippen molar-refractivity contribution >= 4 is 11.9 Å². The second kappa shape index (κ2) is 7.07. The Morgan fingerprint density at radius 1 is 1.14 bits per heavy atom. The van der Waals surface area contributed by atoms with Gasteiger partial charge in [0.15, 0.2) is 0 Å². The number of halogens is 3. The van der Waals surface area contributed by atoms with Crippen LogP contribution in [0.1, 0.15) is 23.2 Å². The summed E-state index contributed by atoms with van der Waals surface area (Å²) >= 11 is 0. The first-order chi connectivity index (χ1) is 9.71. The summed E-state index contributed by atoms with van der Waals surface area (Å²) in [4.78, 5) is 22.7. The Morgan fingerprint density at radius 2 is 1.71 bits per heavy atom. The summed E-state index contributed by atoms with van der Waals surface area (Å²) in [6.45, 7) is 0. The van der Waals surface area contributed by atoms with E-state index < -0.39 is 43.0 Å². The first kappa shape index (κ1) is 17.0. The molecule has 1 aromatic rings. The Labute approximate surface area is 118 Å². The lowest BCUT2D eigenvalue weighted by Crippen LogP contribution is -2.42. The Balaban J connectivity index is 2.63. The third-order valence-corrected chi connectivity index (χ3v) is 2.75. The lowest BCUT2D eigenvalue weighted by molar-refractivity contribution is -0.206. The summed E-state index contributed by atoms with van der Waals surface area (Å²) in [6.07, 6.45) is -8.77. The van der Waals surface area contributed by atoms with Crippen molar-refractivity contribution in [3.05, 3.63) is 35.9 Å². The van der Waals surface area contributed by atoms with Crippen molar-refractivity contribution in [1.29, 1.82) is 0 Å². The van der Waals surface area contributed by atoms with Crippen LogP contribution < -0.4 is 5.32 Å². The van der Waals surface area contributed by atoms with Crippen molar-refractivity contribution < 1.29 is 33.0 Å². The number of carboxylic acid groups (broad SMARTS) is 1. The van der Waals surface area contributed by atoms with Crippen LogP contribution in [0.3, 0.4) is 0 Å². The summed E-state index contributed by atoms with van der Waals surface area (Å²) in [5.41, 5.74) is 0.195. The molecule has 3 N–H and O–H groups in total. The normalized spacial score (nSPS) is 14.3. The van der Waals surface area contributed by atoms with E-state index in [0.29, 0.717) is 0 Å². The SMILES string of the molecule is O=C(N[C@H](CC[C@@H](O)C(F)(F)F)C(=O)O)c1ccccc1. The average Bonchev–Trinajstić information content (AvgIpc) is 2.42. The Bertz CT molecular complexity index is 490. The number of benzene rings is 1. The van der Waals surface area contributed by atoms with Gasteiger partial charge in [0.1, 0.15) is 12.1 Å². The summed E-state index contributed by atoms with van der Waals surface area (Å²) in [6, 6.07) is 6.17. The number of carbonyl (C=O) groups is 2. The third kappa shape index (κ3) is 5.42. The number of nitrogens with one attached hydrogen (secondary N) is 1. The lowest BCUT2D eigenvalue weighted by atomic mass is 10.1. The smallest absolute Gasteiger partial charge is 0.414 e. The van der Waals surface area contributed by atoms with Gasteiger partial charge < -0.3 is 15.5 Å². The van der Waals surface area contributed by atoms with Gasteiger partial charge in [0.05, 0.1) is 0 Å². The highest BCUT2D eigenvalue weighted by Crippen LogP contribution is 2.23. The fraction of sp³-hybridized carbons (Fsp3) is 0.385. The zero-order valence-corrected chi connectivity index (χ0v) is 10.8.